The first-order valence-electron chi connectivity index (χ1n) is 5.19. The van der Waals surface area contributed by atoms with E-state index in [4.69, 9.17) is 0 Å². The van der Waals surface area contributed by atoms with E-state index in [9.17, 15) is 13.9 Å². The van der Waals surface area contributed by atoms with Gasteiger partial charge in [0.05, 0.1) is 6.10 Å². The second-order valence-corrected chi connectivity index (χ2v) is 4.21. The van der Waals surface area contributed by atoms with Crippen LogP contribution in [0.1, 0.15) is 30.9 Å². The molecule has 0 aromatic heterocycles. The molecule has 1 aliphatic carbocycles. The Morgan fingerprint density at radius 2 is 1.93 bits per heavy atom. The molecule has 2 atom stereocenters. The Bertz CT molecular complexity index is 324. The van der Waals surface area contributed by atoms with Gasteiger partial charge in [0.1, 0.15) is 0 Å². The number of aliphatic hydroxyl groups excluding tert-OH is 1. The van der Waals surface area contributed by atoms with Gasteiger partial charge < -0.3 is 5.11 Å². The fraction of sp³-hybridized carbons (Fsp3) is 0.500. The van der Waals surface area contributed by atoms with E-state index in [1.807, 2.05) is 18.2 Å². The minimum atomic E-state index is -2.58. The van der Waals surface area contributed by atoms with Crippen molar-refractivity contribution in [2.24, 2.45) is 5.92 Å². The number of aliphatic hydroxyl groups is 1. The number of hydrogen-bond acceptors (Lipinski definition) is 1. The van der Waals surface area contributed by atoms with Crippen LogP contribution >= 0.6 is 0 Å². The molecule has 0 amide bonds. The summed E-state index contributed by atoms with van der Waals surface area (Å²) in [5.41, 5.74) is 0.736. The Morgan fingerprint density at radius 1 is 1.27 bits per heavy atom. The van der Waals surface area contributed by atoms with Crippen molar-refractivity contribution in [3.8, 4) is 0 Å². The lowest BCUT2D eigenvalue weighted by atomic mass is 9.94. The van der Waals surface area contributed by atoms with Crippen molar-refractivity contribution in [2.75, 3.05) is 0 Å². The van der Waals surface area contributed by atoms with Crippen LogP contribution in [-0.4, -0.2) is 11.0 Å². The van der Waals surface area contributed by atoms with Gasteiger partial charge in [-0.05, 0) is 17.9 Å². The smallest absolute Gasteiger partial charge is 0.248 e. The summed E-state index contributed by atoms with van der Waals surface area (Å²) in [5, 5.41) is 9.92. The van der Waals surface area contributed by atoms with Crippen molar-refractivity contribution in [1.82, 2.24) is 0 Å². The number of alkyl halides is 2. The van der Waals surface area contributed by atoms with Gasteiger partial charge in [0.25, 0.3) is 0 Å². The topological polar surface area (TPSA) is 20.2 Å². The van der Waals surface area contributed by atoms with Gasteiger partial charge in [-0.2, -0.15) is 0 Å². The quantitative estimate of drug-likeness (QED) is 0.798. The first kappa shape index (κ1) is 10.6. The molecule has 1 fully saturated rings. The third-order valence-electron chi connectivity index (χ3n) is 3.03. The summed E-state index contributed by atoms with van der Waals surface area (Å²) >= 11 is 0. The molecule has 1 aliphatic rings. The molecule has 0 heterocycles. The summed E-state index contributed by atoms with van der Waals surface area (Å²) in [6.45, 7) is 0. The largest absolute Gasteiger partial charge is 0.388 e. The number of halogens is 2. The van der Waals surface area contributed by atoms with E-state index in [0.29, 0.717) is 6.42 Å². The molecule has 1 saturated carbocycles. The van der Waals surface area contributed by atoms with Crippen LogP contribution in [-0.2, 0) is 0 Å². The zero-order valence-corrected chi connectivity index (χ0v) is 8.37. The first-order valence-corrected chi connectivity index (χ1v) is 5.19. The normalized spacial score (nSPS) is 26.5. The first-order chi connectivity index (χ1) is 7.08. The molecule has 1 aromatic carbocycles. The molecule has 2 rings (SSSR count). The van der Waals surface area contributed by atoms with Crippen LogP contribution in [0.3, 0.4) is 0 Å². The summed E-state index contributed by atoms with van der Waals surface area (Å²) < 4.78 is 25.9. The third kappa shape index (κ3) is 2.34. The van der Waals surface area contributed by atoms with E-state index >= 15 is 0 Å². The Labute approximate surface area is 87.7 Å². The summed E-state index contributed by atoms with van der Waals surface area (Å²) in [7, 11) is 0. The van der Waals surface area contributed by atoms with Gasteiger partial charge in [-0.3, -0.25) is 0 Å². The van der Waals surface area contributed by atoms with Gasteiger partial charge in [-0.25, -0.2) is 8.78 Å². The van der Waals surface area contributed by atoms with Crippen LogP contribution < -0.4 is 0 Å². The monoisotopic (exact) mass is 212 g/mol. The molecule has 0 spiro atoms. The highest BCUT2D eigenvalue weighted by atomic mass is 19.3. The van der Waals surface area contributed by atoms with Gasteiger partial charge in [-0.1, -0.05) is 30.3 Å². The van der Waals surface area contributed by atoms with Crippen molar-refractivity contribution >= 4 is 0 Å². The van der Waals surface area contributed by atoms with Crippen molar-refractivity contribution in [1.29, 1.82) is 0 Å². The molecular weight excluding hydrogens is 198 g/mol. The molecule has 1 N–H and O–H groups in total. The summed E-state index contributed by atoms with van der Waals surface area (Å²) in [6, 6.07) is 9.03. The fourth-order valence-corrected chi connectivity index (χ4v) is 2.18. The van der Waals surface area contributed by atoms with Crippen LogP contribution in [0.5, 0.6) is 0 Å². The standard InChI is InChI=1S/C12H14F2O/c13-12(14)7-6-10(8-12)11(15)9-4-2-1-3-5-9/h1-5,10-11,15H,6-8H2. The second-order valence-electron chi connectivity index (χ2n) is 4.21. The SMILES string of the molecule is OC(c1ccccc1)C1CCC(F)(F)C1. The van der Waals surface area contributed by atoms with Gasteiger partial charge in [0.15, 0.2) is 0 Å². The minimum Gasteiger partial charge on any atom is -0.388 e. The lowest BCUT2D eigenvalue weighted by Crippen LogP contribution is -2.14. The van der Waals surface area contributed by atoms with Gasteiger partial charge in [-0.15, -0.1) is 0 Å². The molecular formula is C12H14F2O. The van der Waals surface area contributed by atoms with Crippen LogP contribution in [0.4, 0.5) is 8.78 Å². The van der Waals surface area contributed by atoms with Crippen LogP contribution in [0.15, 0.2) is 30.3 Å². The van der Waals surface area contributed by atoms with Crippen LogP contribution in [0.25, 0.3) is 0 Å². The Morgan fingerprint density at radius 3 is 2.47 bits per heavy atom. The maximum Gasteiger partial charge on any atom is 0.248 e. The maximum absolute atomic E-state index is 13.0. The zero-order chi connectivity index (χ0) is 10.9. The van der Waals surface area contributed by atoms with Gasteiger partial charge >= 0.3 is 0 Å². The molecule has 0 bridgehead atoms. The lowest BCUT2D eigenvalue weighted by Gasteiger charge is -2.18. The van der Waals surface area contributed by atoms with Crippen molar-refractivity contribution in [2.45, 2.75) is 31.3 Å². The molecule has 2 unspecified atom stereocenters. The molecule has 3 heteroatoms. The predicted octanol–water partition coefficient (Wildman–Crippen LogP) is 3.16. The van der Waals surface area contributed by atoms with E-state index in [1.165, 1.54) is 0 Å². The van der Waals surface area contributed by atoms with Crippen LogP contribution in [0, 0.1) is 5.92 Å². The lowest BCUT2D eigenvalue weighted by molar-refractivity contribution is -0.00510. The summed E-state index contributed by atoms with van der Waals surface area (Å²) in [4.78, 5) is 0. The van der Waals surface area contributed by atoms with E-state index in [-0.39, 0.29) is 18.8 Å². The number of benzene rings is 1. The number of rotatable bonds is 2. The Hall–Kier alpha value is -0.960. The van der Waals surface area contributed by atoms with Gasteiger partial charge in [0.2, 0.25) is 5.92 Å². The Balaban J connectivity index is 2.07. The Kier molecular flexibility index (Phi) is 2.74. The third-order valence-corrected chi connectivity index (χ3v) is 3.03. The second kappa shape index (κ2) is 3.89. The van der Waals surface area contributed by atoms with E-state index in [0.717, 1.165) is 5.56 Å². The highest BCUT2D eigenvalue weighted by Gasteiger charge is 2.42. The minimum absolute atomic E-state index is 0.0957. The fourth-order valence-electron chi connectivity index (χ4n) is 2.18. The molecule has 0 saturated heterocycles. The summed E-state index contributed by atoms with van der Waals surface area (Å²) in [5.74, 6) is -2.89. The highest BCUT2D eigenvalue weighted by Crippen LogP contribution is 2.44. The van der Waals surface area contributed by atoms with Gasteiger partial charge in [0, 0.05) is 12.8 Å². The zero-order valence-electron chi connectivity index (χ0n) is 8.37. The van der Waals surface area contributed by atoms with Crippen LogP contribution in [0.2, 0.25) is 0 Å². The van der Waals surface area contributed by atoms with Crippen molar-refractivity contribution in [3.05, 3.63) is 35.9 Å². The van der Waals surface area contributed by atoms with E-state index in [1.54, 1.807) is 12.1 Å². The number of hydrogen-bond donors (Lipinski definition) is 1. The van der Waals surface area contributed by atoms with Crippen molar-refractivity contribution in [3.63, 3.8) is 0 Å². The molecule has 15 heavy (non-hydrogen) atoms. The van der Waals surface area contributed by atoms with E-state index in [2.05, 4.69) is 0 Å². The molecule has 82 valence electrons. The highest BCUT2D eigenvalue weighted by molar-refractivity contribution is 5.18. The average molecular weight is 212 g/mol. The van der Waals surface area contributed by atoms with E-state index < -0.39 is 12.0 Å². The van der Waals surface area contributed by atoms with Crippen molar-refractivity contribution < 1.29 is 13.9 Å². The predicted molar refractivity (Wildman–Crippen MR) is 53.7 cm³/mol. The molecule has 0 aliphatic heterocycles. The molecule has 1 nitrogen and oxygen atoms in total. The summed E-state index contributed by atoms with van der Waals surface area (Å²) in [6.07, 6.45) is -0.632. The maximum atomic E-state index is 13.0. The average Bonchev–Trinajstić information content (AvgIpc) is 2.59. The molecule has 1 aromatic rings. The molecule has 0 radical (unpaired) electrons.